The van der Waals surface area contributed by atoms with Crippen LogP contribution in [0.1, 0.15) is 15.9 Å². The van der Waals surface area contributed by atoms with Crippen LogP contribution >= 0.6 is 0 Å². The standard InChI is InChI=1S/C13H12N4O/c1-10(11-2-6-15-7-3-11)17(14)13(18)12-4-8-16-9-5-12/h2-9H,1,14H2. The van der Waals surface area contributed by atoms with Gasteiger partial charge in [0.25, 0.3) is 5.91 Å². The topological polar surface area (TPSA) is 72.1 Å². The average Bonchev–Trinajstić information content (AvgIpc) is 2.47. The second-order valence-corrected chi connectivity index (χ2v) is 3.59. The van der Waals surface area contributed by atoms with Gasteiger partial charge in [-0.1, -0.05) is 6.58 Å². The first-order chi connectivity index (χ1) is 8.70. The van der Waals surface area contributed by atoms with Crippen LogP contribution < -0.4 is 5.84 Å². The monoisotopic (exact) mass is 240 g/mol. The third kappa shape index (κ3) is 2.41. The van der Waals surface area contributed by atoms with Crippen LogP contribution in [-0.2, 0) is 0 Å². The summed E-state index contributed by atoms with van der Waals surface area (Å²) in [6.45, 7) is 3.81. The molecule has 2 N–H and O–H groups in total. The summed E-state index contributed by atoms with van der Waals surface area (Å²) in [5.74, 6) is 5.43. The SMILES string of the molecule is C=C(c1ccncc1)N(N)C(=O)c1ccncc1. The van der Waals surface area contributed by atoms with Crippen molar-refractivity contribution in [2.45, 2.75) is 0 Å². The number of amides is 1. The van der Waals surface area contributed by atoms with E-state index in [-0.39, 0.29) is 5.91 Å². The number of nitrogens with two attached hydrogens (primary N) is 1. The molecule has 0 atom stereocenters. The molecule has 0 unspecified atom stereocenters. The smallest absolute Gasteiger partial charge is 0.267 e. The Bertz CT molecular complexity index is 502. The number of hydrazine groups is 1. The molecule has 5 heteroatoms. The maximum Gasteiger partial charge on any atom is 0.272 e. The van der Waals surface area contributed by atoms with E-state index in [9.17, 15) is 4.79 Å². The van der Waals surface area contributed by atoms with Gasteiger partial charge in [-0.3, -0.25) is 14.8 Å². The predicted octanol–water partition coefficient (Wildman–Crippen LogP) is 1.46. The Kier molecular flexibility index (Phi) is 3.45. The Morgan fingerprint density at radius 3 is 1.94 bits per heavy atom. The van der Waals surface area contributed by atoms with Crippen molar-refractivity contribution < 1.29 is 4.79 Å². The third-order valence-corrected chi connectivity index (χ3v) is 2.45. The molecule has 5 nitrogen and oxygen atoms in total. The summed E-state index contributed by atoms with van der Waals surface area (Å²) >= 11 is 0. The third-order valence-electron chi connectivity index (χ3n) is 2.45. The summed E-state index contributed by atoms with van der Waals surface area (Å²) in [5.41, 5.74) is 1.62. The van der Waals surface area contributed by atoms with Gasteiger partial charge in [-0.05, 0) is 24.3 Å². The van der Waals surface area contributed by atoms with Crippen LogP contribution in [0.2, 0.25) is 0 Å². The zero-order valence-corrected chi connectivity index (χ0v) is 9.65. The lowest BCUT2D eigenvalue weighted by Gasteiger charge is -2.19. The van der Waals surface area contributed by atoms with E-state index < -0.39 is 0 Å². The summed E-state index contributed by atoms with van der Waals surface area (Å²) < 4.78 is 0. The highest BCUT2D eigenvalue weighted by Crippen LogP contribution is 2.15. The molecule has 0 aliphatic heterocycles. The molecule has 18 heavy (non-hydrogen) atoms. The lowest BCUT2D eigenvalue weighted by atomic mass is 10.2. The second kappa shape index (κ2) is 5.20. The van der Waals surface area contributed by atoms with Gasteiger partial charge in [0.1, 0.15) is 0 Å². The Morgan fingerprint density at radius 1 is 1.00 bits per heavy atom. The number of hydrogen-bond donors (Lipinski definition) is 1. The van der Waals surface area contributed by atoms with Crippen LogP contribution in [-0.4, -0.2) is 20.9 Å². The Morgan fingerprint density at radius 2 is 1.44 bits per heavy atom. The fourth-order valence-corrected chi connectivity index (χ4v) is 1.44. The summed E-state index contributed by atoms with van der Waals surface area (Å²) in [6, 6.07) is 6.67. The quantitative estimate of drug-likeness (QED) is 0.501. The Labute approximate surface area is 105 Å². The summed E-state index contributed by atoms with van der Waals surface area (Å²) in [6.07, 6.45) is 6.31. The minimum atomic E-state index is -0.334. The van der Waals surface area contributed by atoms with Gasteiger partial charge in [-0.15, -0.1) is 0 Å². The van der Waals surface area contributed by atoms with Gasteiger partial charge in [-0.25, -0.2) is 10.9 Å². The number of aromatic nitrogens is 2. The molecule has 0 saturated carbocycles. The molecule has 0 aliphatic rings. The van der Waals surface area contributed by atoms with Crippen molar-refractivity contribution in [3.8, 4) is 0 Å². The van der Waals surface area contributed by atoms with Crippen molar-refractivity contribution in [3.05, 3.63) is 66.8 Å². The lowest BCUT2D eigenvalue weighted by Crippen LogP contribution is -2.35. The lowest BCUT2D eigenvalue weighted by molar-refractivity contribution is 0.0835. The highest BCUT2D eigenvalue weighted by Gasteiger charge is 2.15. The first-order valence-corrected chi connectivity index (χ1v) is 5.28. The molecule has 90 valence electrons. The number of hydrogen-bond acceptors (Lipinski definition) is 4. The van der Waals surface area contributed by atoms with Gasteiger partial charge < -0.3 is 0 Å². The molecule has 0 radical (unpaired) electrons. The Hall–Kier alpha value is -2.53. The van der Waals surface area contributed by atoms with E-state index in [2.05, 4.69) is 16.5 Å². The molecule has 2 heterocycles. The molecule has 2 rings (SSSR count). The normalized spacial score (nSPS) is 9.83. The summed E-state index contributed by atoms with van der Waals surface area (Å²) in [4.78, 5) is 19.8. The van der Waals surface area contributed by atoms with Gasteiger partial charge in [0.05, 0.1) is 5.70 Å². The minimum absolute atomic E-state index is 0.334. The van der Waals surface area contributed by atoms with E-state index in [1.54, 1.807) is 36.7 Å². The molecule has 1 amide bonds. The molecular formula is C13H12N4O. The van der Waals surface area contributed by atoms with E-state index in [0.29, 0.717) is 11.3 Å². The molecule has 0 aliphatic carbocycles. The van der Waals surface area contributed by atoms with Crippen molar-refractivity contribution in [1.82, 2.24) is 15.0 Å². The molecule has 0 spiro atoms. The van der Waals surface area contributed by atoms with E-state index in [1.807, 2.05) is 0 Å². The van der Waals surface area contributed by atoms with E-state index in [4.69, 9.17) is 5.84 Å². The maximum atomic E-state index is 12.1. The number of rotatable bonds is 3. The largest absolute Gasteiger partial charge is 0.272 e. The fraction of sp³-hybridized carbons (Fsp3) is 0. The van der Waals surface area contributed by atoms with Crippen molar-refractivity contribution in [2.24, 2.45) is 5.84 Å². The van der Waals surface area contributed by atoms with Crippen LogP contribution in [0.4, 0.5) is 0 Å². The zero-order valence-electron chi connectivity index (χ0n) is 9.65. The van der Waals surface area contributed by atoms with Crippen LogP contribution in [0.5, 0.6) is 0 Å². The molecule has 0 bridgehead atoms. The van der Waals surface area contributed by atoms with Crippen LogP contribution in [0.25, 0.3) is 5.70 Å². The zero-order chi connectivity index (χ0) is 13.0. The van der Waals surface area contributed by atoms with Crippen molar-refractivity contribution >= 4 is 11.6 Å². The van der Waals surface area contributed by atoms with Gasteiger partial charge in [0.15, 0.2) is 0 Å². The Balaban J connectivity index is 2.20. The molecule has 0 aromatic carbocycles. The van der Waals surface area contributed by atoms with E-state index >= 15 is 0 Å². The predicted molar refractivity (Wildman–Crippen MR) is 67.9 cm³/mol. The highest BCUT2D eigenvalue weighted by atomic mass is 16.2. The highest BCUT2D eigenvalue weighted by molar-refractivity contribution is 5.98. The van der Waals surface area contributed by atoms with Gasteiger partial charge >= 0.3 is 0 Å². The molecule has 2 aromatic heterocycles. The molecule has 0 fully saturated rings. The maximum absolute atomic E-state index is 12.1. The molecule has 2 aromatic rings. The number of carbonyl (C=O) groups is 1. The van der Waals surface area contributed by atoms with Crippen LogP contribution in [0.15, 0.2) is 55.6 Å². The summed E-state index contributed by atoms with van der Waals surface area (Å²) in [7, 11) is 0. The van der Waals surface area contributed by atoms with Crippen LogP contribution in [0, 0.1) is 0 Å². The molecular weight excluding hydrogens is 228 g/mol. The number of pyridine rings is 2. The number of nitrogens with zero attached hydrogens (tertiary/aromatic N) is 3. The van der Waals surface area contributed by atoms with E-state index in [1.165, 1.54) is 12.4 Å². The fourth-order valence-electron chi connectivity index (χ4n) is 1.44. The molecule has 0 saturated heterocycles. The van der Waals surface area contributed by atoms with Gasteiger partial charge in [-0.2, -0.15) is 0 Å². The first-order valence-electron chi connectivity index (χ1n) is 5.28. The van der Waals surface area contributed by atoms with Crippen LogP contribution in [0.3, 0.4) is 0 Å². The van der Waals surface area contributed by atoms with E-state index in [0.717, 1.165) is 10.6 Å². The minimum Gasteiger partial charge on any atom is -0.267 e. The van der Waals surface area contributed by atoms with Crippen molar-refractivity contribution in [1.29, 1.82) is 0 Å². The van der Waals surface area contributed by atoms with Crippen molar-refractivity contribution in [3.63, 3.8) is 0 Å². The number of carbonyl (C=O) groups excluding carboxylic acids is 1. The second-order valence-electron chi connectivity index (χ2n) is 3.59. The van der Waals surface area contributed by atoms with Gasteiger partial charge in [0.2, 0.25) is 0 Å². The van der Waals surface area contributed by atoms with Crippen molar-refractivity contribution in [2.75, 3.05) is 0 Å². The average molecular weight is 240 g/mol. The van der Waals surface area contributed by atoms with Gasteiger partial charge in [0, 0.05) is 35.9 Å². The first kappa shape index (κ1) is 11.9. The summed E-state index contributed by atoms with van der Waals surface area (Å²) in [5, 5.41) is 1.02.